The van der Waals surface area contributed by atoms with Crippen LogP contribution in [0.4, 0.5) is 5.69 Å². The van der Waals surface area contributed by atoms with E-state index in [0.717, 1.165) is 44.1 Å². The van der Waals surface area contributed by atoms with Crippen LogP contribution in [0.25, 0.3) is 10.9 Å². The SMILES string of the molecule is Cc1cc(OCCCn2c(C)c(C)c3ccc(C(=O)NS(=O)(=O)c4ccc5c(c4)NC(=O)CO5)cc32)cc(C)c1Cl. The number of anilines is 1. The van der Waals surface area contributed by atoms with E-state index >= 15 is 0 Å². The van der Waals surface area contributed by atoms with Crippen molar-refractivity contribution >= 4 is 50.0 Å². The minimum absolute atomic E-state index is 0.145. The second kappa shape index (κ2) is 11.1. The summed E-state index contributed by atoms with van der Waals surface area (Å²) in [6, 6.07) is 13.0. The van der Waals surface area contributed by atoms with E-state index in [0.29, 0.717) is 25.3 Å². The van der Waals surface area contributed by atoms with Gasteiger partial charge in [0.05, 0.1) is 17.2 Å². The smallest absolute Gasteiger partial charge is 0.265 e. The van der Waals surface area contributed by atoms with Crippen LogP contribution < -0.4 is 19.5 Å². The van der Waals surface area contributed by atoms with Gasteiger partial charge in [0.1, 0.15) is 11.5 Å². The van der Waals surface area contributed by atoms with E-state index in [1.54, 1.807) is 12.1 Å². The Hall–Kier alpha value is -4.02. The van der Waals surface area contributed by atoms with Crippen molar-refractivity contribution in [2.75, 3.05) is 18.5 Å². The van der Waals surface area contributed by atoms with Gasteiger partial charge in [-0.3, -0.25) is 9.59 Å². The summed E-state index contributed by atoms with van der Waals surface area (Å²) in [6.45, 7) is 8.92. The molecule has 4 aromatic rings. The molecule has 0 radical (unpaired) electrons. The van der Waals surface area contributed by atoms with Crippen LogP contribution in [0.2, 0.25) is 5.02 Å². The molecule has 2 heterocycles. The molecule has 0 spiro atoms. The van der Waals surface area contributed by atoms with Crippen molar-refractivity contribution < 1.29 is 27.5 Å². The van der Waals surface area contributed by atoms with Crippen LogP contribution in [-0.4, -0.2) is 38.0 Å². The number of hydrogen-bond donors (Lipinski definition) is 2. The van der Waals surface area contributed by atoms with Crippen LogP contribution in [0.15, 0.2) is 53.4 Å². The van der Waals surface area contributed by atoms with Gasteiger partial charge in [0.15, 0.2) is 6.61 Å². The first-order chi connectivity index (χ1) is 19.4. The number of nitrogens with zero attached hydrogens (tertiary/aromatic N) is 1. The fourth-order valence-corrected chi connectivity index (χ4v) is 6.06. The van der Waals surface area contributed by atoms with Gasteiger partial charge in [0.2, 0.25) is 0 Å². The number of rotatable bonds is 8. The number of hydrogen-bond acceptors (Lipinski definition) is 6. The minimum Gasteiger partial charge on any atom is -0.494 e. The maximum Gasteiger partial charge on any atom is 0.265 e. The lowest BCUT2D eigenvalue weighted by atomic mass is 10.1. The van der Waals surface area contributed by atoms with E-state index in [2.05, 4.69) is 14.6 Å². The van der Waals surface area contributed by atoms with Gasteiger partial charge in [-0.1, -0.05) is 17.7 Å². The van der Waals surface area contributed by atoms with E-state index in [9.17, 15) is 18.0 Å². The molecule has 0 atom stereocenters. The van der Waals surface area contributed by atoms with Crippen molar-refractivity contribution in [2.24, 2.45) is 0 Å². The van der Waals surface area contributed by atoms with Gasteiger partial charge in [-0.05, 0) is 93.3 Å². The lowest BCUT2D eigenvalue weighted by Crippen LogP contribution is -2.31. The number of aromatic nitrogens is 1. The Morgan fingerprint density at radius 1 is 1.07 bits per heavy atom. The molecular formula is C30H30ClN3O6S. The average molecular weight is 596 g/mol. The van der Waals surface area contributed by atoms with E-state index in [-0.39, 0.29) is 28.7 Å². The summed E-state index contributed by atoms with van der Waals surface area (Å²) in [5.41, 5.74) is 5.33. The molecule has 5 rings (SSSR count). The van der Waals surface area contributed by atoms with Crippen LogP contribution >= 0.6 is 11.6 Å². The number of ether oxygens (including phenoxy) is 2. The predicted octanol–water partition coefficient (Wildman–Crippen LogP) is 5.45. The van der Waals surface area contributed by atoms with Crippen LogP contribution in [0.5, 0.6) is 11.5 Å². The van der Waals surface area contributed by atoms with E-state index < -0.39 is 15.9 Å². The molecule has 0 unspecified atom stereocenters. The van der Waals surface area contributed by atoms with Crippen LogP contribution in [0.3, 0.4) is 0 Å². The summed E-state index contributed by atoms with van der Waals surface area (Å²) >= 11 is 6.26. The molecule has 0 fully saturated rings. The summed E-state index contributed by atoms with van der Waals surface area (Å²) in [7, 11) is -4.22. The second-order valence-electron chi connectivity index (χ2n) is 10.1. The van der Waals surface area contributed by atoms with Gasteiger partial charge in [0.25, 0.3) is 21.8 Å². The first kappa shape index (κ1) is 28.5. The molecule has 41 heavy (non-hydrogen) atoms. The van der Waals surface area contributed by atoms with Crippen molar-refractivity contribution in [3.8, 4) is 11.5 Å². The van der Waals surface area contributed by atoms with Gasteiger partial charge in [-0.2, -0.15) is 0 Å². The average Bonchev–Trinajstić information content (AvgIpc) is 3.17. The standard InChI is InChI=1S/C30H30ClN3O6S/c1-17-12-22(13-18(2)29(17)31)39-11-5-10-34-20(4)19(3)24-8-6-21(14-26(24)34)30(36)33-41(37,38)23-7-9-27-25(15-23)32-28(35)16-40-27/h6-9,12-15H,5,10-11,16H2,1-4H3,(H,32,35)(H,33,36). The highest BCUT2D eigenvalue weighted by Gasteiger charge is 2.24. The molecule has 1 aromatic heterocycles. The Morgan fingerprint density at radius 2 is 1.80 bits per heavy atom. The van der Waals surface area contributed by atoms with Gasteiger partial charge in [-0.15, -0.1) is 0 Å². The molecule has 9 nitrogen and oxygen atoms in total. The number of sulfonamides is 1. The quantitative estimate of drug-likeness (QED) is 0.262. The van der Waals surface area contributed by atoms with Gasteiger partial charge >= 0.3 is 0 Å². The monoisotopic (exact) mass is 595 g/mol. The summed E-state index contributed by atoms with van der Waals surface area (Å²) in [5.74, 6) is -0.0243. The Labute approximate surface area is 243 Å². The molecule has 0 bridgehead atoms. The maximum absolute atomic E-state index is 13.1. The molecule has 0 saturated heterocycles. The first-order valence-corrected chi connectivity index (χ1v) is 14.9. The largest absolute Gasteiger partial charge is 0.494 e. The fraction of sp³-hybridized carbons (Fsp3) is 0.267. The molecular weight excluding hydrogens is 566 g/mol. The predicted molar refractivity (Wildman–Crippen MR) is 158 cm³/mol. The number of halogens is 1. The van der Waals surface area contributed by atoms with E-state index in [4.69, 9.17) is 21.1 Å². The van der Waals surface area contributed by atoms with E-state index in [1.165, 1.54) is 18.2 Å². The topological polar surface area (TPSA) is 116 Å². The maximum atomic E-state index is 13.1. The number of carbonyl (C=O) groups is 2. The molecule has 0 saturated carbocycles. The summed E-state index contributed by atoms with van der Waals surface area (Å²) in [6.07, 6.45) is 0.716. The second-order valence-corrected chi connectivity index (χ2v) is 12.2. The summed E-state index contributed by atoms with van der Waals surface area (Å²) in [4.78, 5) is 24.5. The highest BCUT2D eigenvalue weighted by Crippen LogP contribution is 2.31. The molecule has 2 N–H and O–H groups in total. The highest BCUT2D eigenvalue weighted by molar-refractivity contribution is 7.90. The zero-order valence-electron chi connectivity index (χ0n) is 23.1. The molecule has 0 aliphatic carbocycles. The number of benzene rings is 3. The molecule has 2 amide bonds. The summed E-state index contributed by atoms with van der Waals surface area (Å²) in [5, 5.41) is 4.29. The number of nitrogens with one attached hydrogen (secondary N) is 2. The third-order valence-electron chi connectivity index (χ3n) is 7.23. The lowest BCUT2D eigenvalue weighted by Gasteiger charge is -2.18. The van der Waals surface area contributed by atoms with Crippen molar-refractivity contribution in [2.45, 2.75) is 45.6 Å². The zero-order valence-corrected chi connectivity index (χ0v) is 24.7. The lowest BCUT2D eigenvalue weighted by molar-refractivity contribution is -0.118. The Kier molecular flexibility index (Phi) is 7.72. The van der Waals surface area contributed by atoms with Crippen molar-refractivity contribution in [3.63, 3.8) is 0 Å². The van der Waals surface area contributed by atoms with Crippen molar-refractivity contribution in [3.05, 3.63) is 81.5 Å². The minimum atomic E-state index is -4.22. The van der Waals surface area contributed by atoms with Crippen LogP contribution in [0, 0.1) is 27.7 Å². The fourth-order valence-electron chi connectivity index (χ4n) is 4.95. The van der Waals surface area contributed by atoms with Gasteiger partial charge in [-0.25, -0.2) is 13.1 Å². The Bertz CT molecular complexity index is 1790. The molecule has 11 heteroatoms. The number of aryl methyl sites for hydroxylation is 4. The third-order valence-corrected chi connectivity index (χ3v) is 9.15. The first-order valence-electron chi connectivity index (χ1n) is 13.1. The number of amides is 2. The Balaban J connectivity index is 1.32. The van der Waals surface area contributed by atoms with Gasteiger partial charge in [0, 0.05) is 33.7 Å². The molecule has 1 aliphatic rings. The number of carbonyl (C=O) groups excluding carboxylic acids is 2. The molecule has 3 aromatic carbocycles. The van der Waals surface area contributed by atoms with Crippen molar-refractivity contribution in [1.82, 2.24) is 9.29 Å². The summed E-state index contributed by atoms with van der Waals surface area (Å²) < 4.78 is 41.5. The van der Waals surface area contributed by atoms with E-state index in [1.807, 2.05) is 45.9 Å². The van der Waals surface area contributed by atoms with Gasteiger partial charge < -0.3 is 19.4 Å². The normalized spacial score (nSPS) is 13.0. The Morgan fingerprint density at radius 3 is 2.54 bits per heavy atom. The van der Waals surface area contributed by atoms with Crippen molar-refractivity contribution in [1.29, 1.82) is 0 Å². The zero-order chi connectivity index (χ0) is 29.5. The third kappa shape index (κ3) is 5.75. The molecule has 214 valence electrons. The van der Waals surface area contributed by atoms with Crippen LogP contribution in [0.1, 0.15) is 39.2 Å². The molecule has 1 aliphatic heterocycles. The highest BCUT2D eigenvalue weighted by atomic mass is 35.5. The van der Waals surface area contributed by atoms with Crippen LogP contribution in [-0.2, 0) is 21.4 Å². The number of fused-ring (bicyclic) bond motifs is 2.